The Morgan fingerprint density at radius 1 is 1.31 bits per heavy atom. The molecule has 1 saturated heterocycles. The third-order valence-electron chi connectivity index (χ3n) is 3.90. The van der Waals surface area contributed by atoms with Crippen LogP contribution < -0.4 is 4.74 Å². The SMILES string of the molecule is CC(C)(C)OC(=O)N1CCCC(COc2ccc(Br)c(C(F)(F)F)c2)C1. The van der Waals surface area contributed by atoms with Crippen molar-refractivity contribution < 1.29 is 27.4 Å². The van der Waals surface area contributed by atoms with Gasteiger partial charge in [-0.3, -0.25) is 0 Å². The average molecular weight is 438 g/mol. The van der Waals surface area contributed by atoms with Crippen LogP contribution in [0, 0.1) is 5.92 Å². The van der Waals surface area contributed by atoms with Gasteiger partial charge in [0.1, 0.15) is 11.4 Å². The number of hydrogen-bond donors (Lipinski definition) is 0. The van der Waals surface area contributed by atoms with Crippen molar-refractivity contribution in [3.8, 4) is 5.75 Å². The molecule has 2 rings (SSSR count). The first-order chi connectivity index (χ1) is 12.0. The summed E-state index contributed by atoms with van der Waals surface area (Å²) in [6.07, 6.45) is -3.16. The van der Waals surface area contributed by atoms with Crippen LogP contribution in [0.15, 0.2) is 22.7 Å². The fraction of sp³-hybridized carbons (Fsp3) is 0.611. The second-order valence-corrected chi connectivity index (χ2v) is 8.24. The second-order valence-electron chi connectivity index (χ2n) is 7.39. The second kappa shape index (κ2) is 8.06. The number of amides is 1. The predicted molar refractivity (Wildman–Crippen MR) is 95.2 cm³/mol. The number of piperidine rings is 1. The number of nitrogens with zero attached hydrogens (tertiary/aromatic N) is 1. The molecule has 0 spiro atoms. The topological polar surface area (TPSA) is 38.8 Å². The van der Waals surface area contributed by atoms with E-state index in [9.17, 15) is 18.0 Å². The van der Waals surface area contributed by atoms with Crippen LogP contribution in [0.1, 0.15) is 39.2 Å². The molecule has 1 fully saturated rings. The maximum absolute atomic E-state index is 13.0. The van der Waals surface area contributed by atoms with Crippen molar-refractivity contribution in [1.29, 1.82) is 0 Å². The number of rotatable bonds is 3. The van der Waals surface area contributed by atoms with Gasteiger partial charge in [0.2, 0.25) is 0 Å². The van der Waals surface area contributed by atoms with E-state index in [0.29, 0.717) is 13.1 Å². The minimum absolute atomic E-state index is 0.0221. The van der Waals surface area contributed by atoms with Crippen LogP contribution >= 0.6 is 15.9 Å². The van der Waals surface area contributed by atoms with Gasteiger partial charge in [-0.15, -0.1) is 0 Å². The minimum Gasteiger partial charge on any atom is -0.493 e. The fourth-order valence-corrected chi connectivity index (χ4v) is 3.19. The molecule has 0 saturated carbocycles. The van der Waals surface area contributed by atoms with Gasteiger partial charge in [-0.2, -0.15) is 13.2 Å². The van der Waals surface area contributed by atoms with E-state index < -0.39 is 17.3 Å². The summed E-state index contributed by atoms with van der Waals surface area (Å²) in [4.78, 5) is 13.8. The molecule has 0 N–H and O–H groups in total. The van der Waals surface area contributed by atoms with E-state index in [-0.39, 0.29) is 28.8 Å². The Balaban J connectivity index is 1.94. The first-order valence-electron chi connectivity index (χ1n) is 8.43. The Kier molecular flexibility index (Phi) is 6.47. The van der Waals surface area contributed by atoms with Crippen LogP contribution in [0.5, 0.6) is 5.75 Å². The van der Waals surface area contributed by atoms with Crippen LogP contribution in [0.3, 0.4) is 0 Å². The zero-order chi connectivity index (χ0) is 19.5. The molecule has 0 radical (unpaired) electrons. The summed E-state index contributed by atoms with van der Waals surface area (Å²) in [7, 11) is 0. The summed E-state index contributed by atoms with van der Waals surface area (Å²) in [5, 5.41) is 0. The molecule has 1 heterocycles. The lowest BCUT2D eigenvalue weighted by Gasteiger charge is -2.34. The average Bonchev–Trinajstić information content (AvgIpc) is 2.51. The van der Waals surface area contributed by atoms with E-state index in [1.54, 1.807) is 25.7 Å². The summed E-state index contributed by atoms with van der Waals surface area (Å²) < 4.78 is 49.8. The molecule has 1 amide bonds. The van der Waals surface area contributed by atoms with Crippen molar-refractivity contribution in [2.24, 2.45) is 5.92 Å². The van der Waals surface area contributed by atoms with Crippen molar-refractivity contribution in [2.45, 2.75) is 45.4 Å². The molecule has 26 heavy (non-hydrogen) atoms. The zero-order valence-electron chi connectivity index (χ0n) is 15.0. The summed E-state index contributed by atoms with van der Waals surface area (Å²) in [6.45, 7) is 6.75. The third kappa shape index (κ3) is 6.07. The number of carbonyl (C=O) groups is 1. The van der Waals surface area contributed by atoms with Crippen LogP contribution in [-0.4, -0.2) is 36.3 Å². The number of benzene rings is 1. The first kappa shape index (κ1) is 20.9. The van der Waals surface area contributed by atoms with Crippen LogP contribution in [-0.2, 0) is 10.9 Å². The smallest absolute Gasteiger partial charge is 0.417 e. The lowest BCUT2D eigenvalue weighted by Crippen LogP contribution is -2.44. The highest BCUT2D eigenvalue weighted by Gasteiger charge is 2.33. The molecule has 1 aliphatic heterocycles. The van der Waals surface area contributed by atoms with Crippen molar-refractivity contribution in [3.05, 3.63) is 28.2 Å². The van der Waals surface area contributed by atoms with Crippen molar-refractivity contribution in [2.75, 3.05) is 19.7 Å². The summed E-state index contributed by atoms with van der Waals surface area (Å²) in [5.74, 6) is 0.212. The molecule has 1 aromatic rings. The maximum atomic E-state index is 13.0. The van der Waals surface area contributed by atoms with Gasteiger partial charge in [0, 0.05) is 23.5 Å². The largest absolute Gasteiger partial charge is 0.493 e. The minimum atomic E-state index is -4.45. The number of ether oxygens (including phenoxy) is 2. The van der Waals surface area contributed by atoms with Gasteiger partial charge in [-0.1, -0.05) is 15.9 Å². The van der Waals surface area contributed by atoms with E-state index in [0.717, 1.165) is 18.9 Å². The van der Waals surface area contributed by atoms with E-state index in [2.05, 4.69) is 15.9 Å². The monoisotopic (exact) mass is 437 g/mol. The first-order valence-corrected chi connectivity index (χ1v) is 9.22. The molecular weight excluding hydrogens is 415 g/mol. The molecule has 0 aliphatic carbocycles. The maximum Gasteiger partial charge on any atom is 0.417 e. The zero-order valence-corrected chi connectivity index (χ0v) is 16.6. The molecule has 0 bridgehead atoms. The Bertz CT molecular complexity index is 644. The molecule has 1 unspecified atom stereocenters. The molecule has 1 aromatic carbocycles. The quantitative estimate of drug-likeness (QED) is 0.626. The molecule has 1 atom stereocenters. The normalized spacial score (nSPS) is 18.6. The Morgan fingerprint density at radius 2 is 2.00 bits per heavy atom. The van der Waals surface area contributed by atoms with Crippen LogP contribution in [0.25, 0.3) is 0 Å². The number of likely N-dealkylation sites (tertiary alicyclic amines) is 1. The van der Waals surface area contributed by atoms with E-state index in [1.807, 2.05) is 0 Å². The van der Waals surface area contributed by atoms with Crippen molar-refractivity contribution in [1.82, 2.24) is 4.90 Å². The van der Waals surface area contributed by atoms with Crippen LogP contribution in [0.4, 0.5) is 18.0 Å². The van der Waals surface area contributed by atoms with E-state index in [1.165, 1.54) is 12.1 Å². The van der Waals surface area contributed by atoms with Gasteiger partial charge in [-0.05, 0) is 51.8 Å². The highest BCUT2D eigenvalue weighted by atomic mass is 79.9. The van der Waals surface area contributed by atoms with Gasteiger partial charge in [-0.25, -0.2) is 4.79 Å². The molecule has 8 heteroatoms. The Labute approximate surface area is 159 Å². The third-order valence-corrected chi connectivity index (χ3v) is 4.59. The van der Waals surface area contributed by atoms with Crippen molar-refractivity contribution >= 4 is 22.0 Å². The lowest BCUT2D eigenvalue weighted by molar-refractivity contribution is -0.138. The Hall–Kier alpha value is -1.44. The molecule has 0 aromatic heterocycles. The fourth-order valence-electron chi connectivity index (χ4n) is 2.72. The summed E-state index contributed by atoms with van der Waals surface area (Å²) >= 11 is 2.91. The molecule has 146 valence electrons. The summed E-state index contributed by atoms with van der Waals surface area (Å²) in [5.41, 5.74) is -1.33. The Morgan fingerprint density at radius 3 is 2.62 bits per heavy atom. The standard InChI is InChI=1S/C18H23BrF3NO3/c1-17(2,3)26-16(24)23-8-4-5-12(10-23)11-25-13-6-7-15(19)14(9-13)18(20,21)22/h6-7,9,12H,4-5,8,10-11H2,1-3H3. The summed E-state index contributed by atoms with van der Waals surface area (Å²) in [6, 6.07) is 3.80. The highest BCUT2D eigenvalue weighted by molar-refractivity contribution is 9.10. The molecule has 1 aliphatic rings. The molecule has 4 nitrogen and oxygen atoms in total. The molecular formula is C18H23BrF3NO3. The number of alkyl halides is 3. The van der Waals surface area contributed by atoms with E-state index in [4.69, 9.17) is 9.47 Å². The lowest BCUT2D eigenvalue weighted by atomic mass is 9.99. The highest BCUT2D eigenvalue weighted by Crippen LogP contribution is 2.37. The van der Waals surface area contributed by atoms with Gasteiger partial charge < -0.3 is 14.4 Å². The number of carbonyl (C=O) groups excluding carboxylic acids is 1. The number of halogens is 4. The van der Waals surface area contributed by atoms with Crippen molar-refractivity contribution in [3.63, 3.8) is 0 Å². The van der Waals surface area contributed by atoms with E-state index >= 15 is 0 Å². The van der Waals surface area contributed by atoms with Gasteiger partial charge in [0.05, 0.1) is 12.2 Å². The van der Waals surface area contributed by atoms with Gasteiger partial charge in [0.25, 0.3) is 0 Å². The van der Waals surface area contributed by atoms with Gasteiger partial charge >= 0.3 is 12.3 Å². The number of hydrogen-bond acceptors (Lipinski definition) is 3. The predicted octanol–water partition coefficient (Wildman–Crippen LogP) is 5.49. The van der Waals surface area contributed by atoms with Crippen LogP contribution in [0.2, 0.25) is 0 Å². The van der Waals surface area contributed by atoms with Gasteiger partial charge in [0.15, 0.2) is 0 Å².